The van der Waals surface area contributed by atoms with Gasteiger partial charge in [0, 0.05) is 19.2 Å². The molecule has 3 aromatic rings. The van der Waals surface area contributed by atoms with Crippen molar-refractivity contribution in [2.24, 2.45) is 7.05 Å². The standard InChI is InChI=1S/C18H19N3O2/c1-21-12-20-16-10-15(6-7-17(16)21)18(23)19-9-8-13-2-4-14(11-22)5-3-13/h2-7,10,12,22H,8-9,11H2,1H3,(H,19,23). The summed E-state index contributed by atoms with van der Waals surface area (Å²) in [5.74, 6) is -0.0930. The van der Waals surface area contributed by atoms with Gasteiger partial charge in [0.05, 0.1) is 24.0 Å². The molecule has 0 bridgehead atoms. The van der Waals surface area contributed by atoms with E-state index in [1.54, 1.807) is 12.4 Å². The van der Waals surface area contributed by atoms with Crippen molar-refractivity contribution < 1.29 is 9.90 Å². The second kappa shape index (κ2) is 6.62. The van der Waals surface area contributed by atoms with Crippen LogP contribution in [0.25, 0.3) is 11.0 Å². The van der Waals surface area contributed by atoms with Gasteiger partial charge in [-0.1, -0.05) is 24.3 Å². The SMILES string of the molecule is Cn1cnc2cc(C(=O)NCCc3ccc(CO)cc3)ccc21. The third-order valence-electron chi connectivity index (χ3n) is 3.89. The zero-order valence-corrected chi connectivity index (χ0v) is 13.0. The number of aliphatic hydroxyl groups is 1. The summed E-state index contributed by atoms with van der Waals surface area (Å²) in [6.45, 7) is 0.616. The van der Waals surface area contributed by atoms with E-state index in [1.165, 1.54) is 0 Å². The normalized spacial score (nSPS) is 10.9. The van der Waals surface area contributed by atoms with Gasteiger partial charge in [0.25, 0.3) is 5.91 Å². The quantitative estimate of drug-likeness (QED) is 0.758. The monoisotopic (exact) mass is 309 g/mol. The molecule has 1 aromatic heterocycles. The number of nitrogens with one attached hydrogen (secondary N) is 1. The average molecular weight is 309 g/mol. The first-order valence-corrected chi connectivity index (χ1v) is 7.55. The molecule has 0 radical (unpaired) electrons. The molecule has 0 saturated carbocycles. The molecular weight excluding hydrogens is 290 g/mol. The first kappa shape index (κ1) is 15.2. The minimum Gasteiger partial charge on any atom is -0.392 e. The molecule has 23 heavy (non-hydrogen) atoms. The summed E-state index contributed by atoms with van der Waals surface area (Å²) in [5.41, 5.74) is 4.46. The molecular formula is C18H19N3O2. The molecule has 1 amide bonds. The third-order valence-corrected chi connectivity index (χ3v) is 3.89. The largest absolute Gasteiger partial charge is 0.392 e. The highest BCUT2D eigenvalue weighted by Crippen LogP contribution is 2.13. The predicted molar refractivity (Wildman–Crippen MR) is 89.1 cm³/mol. The molecule has 1 heterocycles. The van der Waals surface area contributed by atoms with Crippen molar-refractivity contribution >= 4 is 16.9 Å². The number of benzene rings is 2. The number of amides is 1. The molecule has 5 nitrogen and oxygen atoms in total. The van der Waals surface area contributed by atoms with Gasteiger partial charge in [-0.05, 0) is 35.7 Å². The number of hydrogen-bond donors (Lipinski definition) is 2. The molecule has 0 aliphatic rings. The van der Waals surface area contributed by atoms with Crippen molar-refractivity contribution in [3.8, 4) is 0 Å². The van der Waals surface area contributed by atoms with Crippen LogP contribution >= 0.6 is 0 Å². The maximum Gasteiger partial charge on any atom is 0.251 e. The third kappa shape index (κ3) is 3.40. The van der Waals surface area contributed by atoms with Gasteiger partial charge in [0.1, 0.15) is 0 Å². The van der Waals surface area contributed by atoms with Crippen LogP contribution in [0.2, 0.25) is 0 Å². The van der Waals surface area contributed by atoms with E-state index in [9.17, 15) is 4.79 Å². The number of hydrogen-bond acceptors (Lipinski definition) is 3. The van der Waals surface area contributed by atoms with E-state index in [4.69, 9.17) is 5.11 Å². The van der Waals surface area contributed by atoms with Crippen molar-refractivity contribution in [3.05, 3.63) is 65.5 Å². The lowest BCUT2D eigenvalue weighted by Gasteiger charge is -2.06. The molecule has 0 fully saturated rings. The Hall–Kier alpha value is -2.66. The lowest BCUT2D eigenvalue weighted by atomic mass is 10.1. The van der Waals surface area contributed by atoms with Crippen molar-refractivity contribution in [2.75, 3.05) is 6.54 Å². The van der Waals surface area contributed by atoms with Crippen LogP contribution in [0.1, 0.15) is 21.5 Å². The first-order chi connectivity index (χ1) is 11.2. The summed E-state index contributed by atoms with van der Waals surface area (Å²) in [6.07, 6.45) is 2.49. The number of fused-ring (bicyclic) bond motifs is 1. The first-order valence-electron chi connectivity index (χ1n) is 7.55. The van der Waals surface area contributed by atoms with E-state index in [0.717, 1.165) is 28.6 Å². The van der Waals surface area contributed by atoms with Crippen molar-refractivity contribution in [3.63, 3.8) is 0 Å². The Morgan fingerprint density at radius 1 is 1.17 bits per heavy atom. The minimum atomic E-state index is -0.0930. The summed E-state index contributed by atoms with van der Waals surface area (Å²) < 4.78 is 1.92. The highest BCUT2D eigenvalue weighted by molar-refractivity contribution is 5.97. The Morgan fingerprint density at radius 2 is 1.91 bits per heavy atom. The van der Waals surface area contributed by atoms with Gasteiger partial charge in [-0.3, -0.25) is 4.79 Å². The van der Waals surface area contributed by atoms with Gasteiger partial charge >= 0.3 is 0 Å². The molecule has 2 aromatic carbocycles. The van der Waals surface area contributed by atoms with Gasteiger partial charge in [0.2, 0.25) is 0 Å². The van der Waals surface area contributed by atoms with E-state index in [-0.39, 0.29) is 12.5 Å². The van der Waals surface area contributed by atoms with E-state index in [1.807, 2.05) is 48.0 Å². The number of aliphatic hydroxyl groups excluding tert-OH is 1. The van der Waals surface area contributed by atoms with Gasteiger partial charge < -0.3 is 15.0 Å². The number of carbonyl (C=O) groups is 1. The van der Waals surface area contributed by atoms with Gasteiger partial charge in [-0.25, -0.2) is 4.98 Å². The lowest BCUT2D eigenvalue weighted by Crippen LogP contribution is -2.25. The molecule has 0 aliphatic heterocycles. The van der Waals surface area contributed by atoms with Crippen molar-refractivity contribution in [1.82, 2.24) is 14.9 Å². The van der Waals surface area contributed by atoms with Crippen LogP contribution in [0.4, 0.5) is 0 Å². The van der Waals surface area contributed by atoms with Crippen LogP contribution in [-0.2, 0) is 20.1 Å². The van der Waals surface area contributed by atoms with Gasteiger partial charge in [-0.2, -0.15) is 0 Å². The summed E-state index contributed by atoms with van der Waals surface area (Å²) >= 11 is 0. The second-order valence-corrected chi connectivity index (χ2v) is 5.54. The maximum atomic E-state index is 12.2. The fourth-order valence-corrected chi connectivity index (χ4v) is 2.51. The number of imidazole rings is 1. The van der Waals surface area contributed by atoms with E-state index in [0.29, 0.717) is 12.1 Å². The summed E-state index contributed by atoms with van der Waals surface area (Å²) in [6, 6.07) is 13.3. The zero-order chi connectivity index (χ0) is 16.2. The number of aromatic nitrogens is 2. The van der Waals surface area contributed by atoms with Crippen LogP contribution in [0, 0.1) is 0 Å². The Labute approximate surface area is 134 Å². The van der Waals surface area contributed by atoms with Crippen molar-refractivity contribution in [1.29, 1.82) is 0 Å². The smallest absolute Gasteiger partial charge is 0.251 e. The molecule has 118 valence electrons. The van der Waals surface area contributed by atoms with E-state index < -0.39 is 0 Å². The minimum absolute atomic E-state index is 0.0486. The highest BCUT2D eigenvalue weighted by Gasteiger charge is 2.08. The van der Waals surface area contributed by atoms with Gasteiger partial charge in [-0.15, -0.1) is 0 Å². The van der Waals surface area contributed by atoms with Crippen LogP contribution < -0.4 is 5.32 Å². The Bertz CT molecular complexity index is 822. The number of nitrogens with zero attached hydrogens (tertiary/aromatic N) is 2. The molecule has 5 heteroatoms. The fourth-order valence-electron chi connectivity index (χ4n) is 2.51. The lowest BCUT2D eigenvalue weighted by molar-refractivity contribution is 0.0954. The Morgan fingerprint density at radius 3 is 2.65 bits per heavy atom. The number of rotatable bonds is 5. The highest BCUT2D eigenvalue weighted by atomic mass is 16.3. The van der Waals surface area contributed by atoms with Gasteiger partial charge in [0.15, 0.2) is 0 Å². The Balaban J connectivity index is 1.59. The molecule has 0 unspecified atom stereocenters. The second-order valence-electron chi connectivity index (χ2n) is 5.54. The number of aryl methyl sites for hydroxylation is 1. The van der Waals surface area contributed by atoms with Crippen molar-refractivity contribution in [2.45, 2.75) is 13.0 Å². The molecule has 0 spiro atoms. The predicted octanol–water partition coefficient (Wildman–Crippen LogP) is 2.04. The molecule has 0 aliphatic carbocycles. The molecule has 0 atom stereocenters. The van der Waals surface area contributed by atoms with Crippen LogP contribution in [0.3, 0.4) is 0 Å². The number of carbonyl (C=O) groups excluding carboxylic acids is 1. The Kier molecular flexibility index (Phi) is 4.39. The van der Waals surface area contributed by atoms with E-state index >= 15 is 0 Å². The van der Waals surface area contributed by atoms with E-state index in [2.05, 4.69) is 10.3 Å². The molecule has 0 saturated heterocycles. The maximum absolute atomic E-state index is 12.2. The van der Waals surface area contributed by atoms with Crippen LogP contribution in [-0.4, -0.2) is 27.1 Å². The summed E-state index contributed by atoms with van der Waals surface area (Å²) in [7, 11) is 1.93. The van der Waals surface area contributed by atoms with Crippen LogP contribution in [0.15, 0.2) is 48.8 Å². The zero-order valence-electron chi connectivity index (χ0n) is 13.0. The topological polar surface area (TPSA) is 67.2 Å². The summed E-state index contributed by atoms with van der Waals surface area (Å²) in [4.78, 5) is 16.5. The summed E-state index contributed by atoms with van der Waals surface area (Å²) in [5, 5.41) is 11.9. The molecule has 3 rings (SSSR count). The fraction of sp³-hybridized carbons (Fsp3) is 0.222. The molecule has 2 N–H and O–H groups in total. The van der Waals surface area contributed by atoms with Crippen LogP contribution in [0.5, 0.6) is 0 Å². The average Bonchev–Trinajstić information content (AvgIpc) is 2.96.